The number of anilines is 2. The maximum absolute atomic E-state index is 6.32. The van der Waals surface area contributed by atoms with Crippen LogP contribution in [0.5, 0.6) is 0 Å². The molecular weight excluding hydrogens is 420 g/mol. The van der Waals surface area contributed by atoms with Gasteiger partial charge in [-0.1, -0.05) is 35.9 Å². The first kappa shape index (κ1) is 20.3. The van der Waals surface area contributed by atoms with Gasteiger partial charge in [-0.25, -0.2) is 0 Å². The van der Waals surface area contributed by atoms with Crippen LogP contribution in [0.15, 0.2) is 59.6 Å². The number of thiocarbonyl (C=S) groups is 1. The number of piperidine rings is 1. The number of rotatable bonds is 4. The van der Waals surface area contributed by atoms with Gasteiger partial charge in [-0.05, 0) is 55.6 Å². The van der Waals surface area contributed by atoms with Crippen molar-refractivity contribution < 1.29 is 0 Å². The first-order valence-corrected chi connectivity index (χ1v) is 11.7. The molecule has 0 spiro atoms. The van der Waals surface area contributed by atoms with E-state index in [1.165, 1.54) is 10.6 Å². The number of hydrogen-bond donors (Lipinski definition) is 2. The minimum Gasteiger partial charge on any atom is -0.371 e. The zero-order valence-electron chi connectivity index (χ0n) is 16.2. The molecule has 1 fully saturated rings. The highest BCUT2D eigenvalue weighted by Gasteiger charge is 2.21. The molecule has 0 radical (unpaired) electrons. The third-order valence-corrected chi connectivity index (χ3v) is 6.55. The van der Waals surface area contributed by atoms with Crippen LogP contribution in [0.2, 0.25) is 5.02 Å². The average molecular weight is 443 g/mol. The maximum atomic E-state index is 6.32. The van der Waals surface area contributed by atoms with Gasteiger partial charge in [0, 0.05) is 41.3 Å². The molecule has 1 aromatic heterocycles. The Labute approximate surface area is 186 Å². The second-order valence-electron chi connectivity index (χ2n) is 7.03. The molecule has 0 amide bonds. The lowest BCUT2D eigenvalue weighted by molar-refractivity contribution is 0.468. The number of nitrogens with zero attached hydrogens (tertiary/aromatic N) is 2. The van der Waals surface area contributed by atoms with Crippen LogP contribution >= 0.6 is 35.6 Å². The van der Waals surface area contributed by atoms with Crippen molar-refractivity contribution in [3.63, 3.8) is 0 Å². The van der Waals surface area contributed by atoms with Gasteiger partial charge in [0.2, 0.25) is 0 Å². The molecule has 1 aliphatic rings. The molecule has 2 heterocycles. The predicted molar refractivity (Wildman–Crippen MR) is 130 cm³/mol. The summed E-state index contributed by atoms with van der Waals surface area (Å²) in [5, 5.41) is 9.32. The van der Waals surface area contributed by atoms with Crippen LogP contribution in [0.3, 0.4) is 0 Å². The topological polar surface area (TPSA) is 40.2 Å². The fourth-order valence-corrected chi connectivity index (χ4v) is 4.81. The van der Waals surface area contributed by atoms with Crippen molar-refractivity contribution >= 4 is 63.0 Å². The van der Waals surface area contributed by atoms with E-state index in [0.717, 1.165) is 42.5 Å². The Bertz CT molecular complexity index is 1020. The van der Waals surface area contributed by atoms with Gasteiger partial charge in [0.1, 0.15) is 0 Å². The summed E-state index contributed by atoms with van der Waals surface area (Å²) in [5.41, 5.74) is 3.12. The summed E-state index contributed by atoms with van der Waals surface area (Å²) in [6.45, 7) is 1.93. The molecule has 0 aliphatic carbocycles. The molecule has 7 heteroatoms. The lowest BCUT2D eigenvalue weighted by Gasteiger charge is -2.35. The molecular formula is C22H23ClN4S2. The van der Waals surface area contributed by atoms with Crippen molar-refractivity contribution in [2.24, 2.45) is 0 Å². The zero-order valence-corrected chi connectivity index (χ0v) is 18.6. The smallest absolute Gasteiger partial charge is 0.171 e. The lowest BCUT2D eigenvalue weighted by atomic mass is 10.0. The summed E-state index contributed by atoms with van der Waals surface area (Å²) in [6, 6.07) is 16.6. The van der Waals surface area contributed by atoms with Crippen LogP contribution in [0.25, 0.3) is 10.9 Å². The molecule has 0 atom stereocenters. The fourth-order valence-electron chi connectivity index (χ4n) is 3.76. The van der Waals surface area contributed by atoms with Gasteiger partial charge in [0.15, 0.2) is 5.11 Å². The van der Waals surface area contributed by atoms with E-state index in [0.29, 0.717) is 16.2 Å². The summed E-state index contributed by atoms with van der Waals surface area (Å²) in [5.74, 6) is 0. The molecule has 29 heavy (non-hydrogen) atoms. The van der Waals surface area contributed by atoms with E-state index in [4.69, 9.17) is 23.8 Å². The molecule has 3 aromatic rings. The molecule has 0 unspecified atom stereocenters. The summed E-state index contributed by atoms with van der Waals surface area (Å²) in [7, 11) is 0. The van der Waals surface area contributed by atoms with Crippen molar-refractivity contribution in [2.45, 2.75) is 23.8 Å². The highest BCUT2D eigenvalue weighted by molar-refractivity contribution is 7.98. The Morgan fingerprint density at radius 2 is 1.93 bits per heavy atom. The van der Waals surface area contributed by atoms with Crippen molar-refractivity contribution in [1.82, 2.24) is 10.3 Å². The summed E-state index contributed by atoms with van der Waals surface area (Å²) in [6.07, 6.45) is 5.96. The molecule has 1 saturated heterocycles. The van der Waals surface area contributed by atoms with E-state index in [9.17, 15) is 0 Å². The average Bonchev–Trinajstić information content (AvgIpc) is 2.75. The second-order valence-corrected chi connectivity index (χ2v) is 8.69. The Morgan fingerprint density at radius 3 is 2.72 bits per heavy atom. The largest absolute Gasteiger partial charge is 0.371 e. The normalized spacial score (nSPS) is 14.8. The monoisotopic (exact) mass is 442 g/mol. The maximum Gasteiger partial charge on any atom is 0.171 e. The van der Waals surface area contributed by atoms with Crippen LogP contribution in [0, 0.1) is 0 Å². The van der Waals surface area contributed by atoms with Crippen molar-refractivity contribution in [3.8, 4) is 0 Å². The quantitative estimate of drug-likeness (QED) is 0.407. The molecule has 0 bridgehead atoms. The first-order valence-electron chi connectivity index (χ1n) is 9.64. The van der Waals surface area contributed by atoms with Crippen molar-refractivity contribution in [3.05, 3.63) is 59.8 Å². The van der Waals surface area contributed by atoms with Gasteiger partial charge in [0.05, 0.1) is 16.2 Å². The third kappa shape index (κ3) is 4.60. The molecule has 150 valence electrons. The Hall–Kier alpha value is -2.02. The van der Waals surface area contributed by atoms with E-state index in [1.807, 2.05) is 30.5 Å². The highest BCUT2D eigenvalue weighted by atomic mass is 35.5. The number of nitrogens with one attached hydrogen (secondary N) is 2. The highest BCUT2D eigenvalue weighted by Crippen LogP contribution is 2.31. The summed E-state index contributed by atoms with van der Waals surface area (Å²) < 4.78 is 0. The SMILES string of the molecule is CSc1ccccc1NC(=S)NC1CCN(c2ccnc3c(Cl)cccc23)CC1. The Balaban J connectivity index is 1.38. The van der Waals surface area contributed by atoms with Gasteiger partial charge in [-0.15, -0.1) is 11.8 Å². The Kier molecular flexibility index (Phi) is 6.43. The number of benzene rings is 2. The molecule has 1 aliphatic heterocycles. The minimum atomic E-state index is 0.365. The van der Waals surface area contributed by atoms with Crippen LogP contribution in [-0.4, -0.2) is 35.5 Å². The van der Waals surface area contributed by atoms with E-state index in [-0.39, 0.29) is 0 Å². The van der Waals surface area contributed by atoms with Gasteiger partial charge in [-0.2, -0.15) is 0 Å². The Morgan fingerprint density at radius 1 is 1.14 bits per heavy atom. The van der Waals surface area contributed by atoms with Crippen LogP contribution in [0.1, 0.15) is 12.8 Å². The minimum absolute atomic E-state index is 0.365. The fraction of sp³-hybridized carbons (Fsp3) is 0.273. The summed E-state index contributed by atoms with van der Waals surface area (Å²) >= 11 is 13.6. The van der Waals surface area contributed by atoms with E-state index >= 15 is 0 Å². The van der Waals surface area contributed by atoms with Crippen LogP contribution in [-0.2, 0) is 0 Å². The number of pyridine rings is 1. The number of para-hydroxylation sites is 2. The van der Waals surface area contributed by atoms with Gasteiger partial charge in [-0.3, -0.25) is 4.98 Å². The molecule has 4 rings (SSSR count). The third-order valence-electron chi connectivity index (χ3n) is 5.22. The van der Waals surface area contributed by atoms with E-state index in [2.05, 4.69) is 51.0 Å². The van der Waals surface area contributed by atoms with Crippen LogP contribution in [0.4, 0.5) is 11.4 Å². The number of thioether (sulfide) groups is 1. The van der Waals surface area contributed by atoms with Gasteiger partial charge >= 0.3 is 0 Å². The molecule has 2 aromatic carbocycles. The second kappa shape index (κ2) is 9.20. The number of aromatic nitrogens is 1. The summed E-state index contributed by atoms with van der Waals surface area (Å²) in [4.78, 5) is 8.05. The number of fused-ring (bicyclic) bond motifs is 1. The first-order chi connectivity index (χ1) is 14.2. The standard InChI is InChI=1S/C22H23ClN4S2/c1-29-20-8-3-2-7-18(20)26-22(28)25-15-10-13-27(14-11-15)19-9-12-24-21-16(19)5-4-6-17(21)23/h2-9,12,15H,10-11,13-14H2,1H3,(H2,25,26,28). The van der Waals surface area contributed by atoms with Gasteiger partial charge in [0.25, 0.3) is 0 Å². The number of halogens is 1. The van der Waals surface area contributed by atoms with Crippen molar-refractivity contribution in [2.75, 3.05) is 29.6 Å². The molecule has 4 nitrogen and oxygen atoms in total. The van der Waals surface area contributed by atoms with E-state index < -0.39 is 0 Å². The predicted octanol–water partition coefficient (Wildman–Crippen LogP) is 5.57. The molecule has 2 N–H and O–H groups in total. The zero-order chi connectivity index (χ0) is 20.2. The lowest BCUT2D eigenvalue weighted by Crippen LogP contribution is -2.46. The van der Waals surface area contributed by atoms with E-state index in [1.54, 1.807) is 11.8 Å². The van der Waals surface area contributed by atoms with Gasteiger partial charge < -0.3 is 15.5 Å². The molecule has 0 saturated carbocycles. The van der Waals surface area contributed by atoms with Crippen LogP contribution < -0.4 is 15.5 Å². The number of hydrogen-bond acceptors (Lipinski definition) is 4. The van der Waals surface area contributed by atoms with Crippen molar-refractivity contribution in [1.29, 1.82) is 0 Å².